The van der Waals surface area contributed by atoms with Crippen LogP contribution in [-0.2, 0) is 14.3 Å². The Bertz CT molecular complexity index is 566. The van der Waals surface area contributed by atoms with E-state index in [1.165, 1.54) is 6.42 Å². The Labute approximate surface area is 159 Å². The fourth-order valence-electron chi connectivity index (χ4n) is 3.98. The summed E-state index contributed by atoms with van der Waals surface area (Å²) >= 11 is 1.15. The Hall–Kier alpha value is -1.05. The zero-order valence-corrected chi connectivity index (χ0v) is 16.2. The summed E-state index contributed by atoms with van der Waals surface area (Å²) in [5.41, 5.74) is 1.03. The van der Waals surface area contributed by atoms with Gasteiger partial charge < -0.3 is 19.9 Å². The molecule has 2 N–H and O–H groups in total. The van der Waals surface area contributed by atoms with Crippen LogP contribution in [0.15, 0.2) is 11.6 Å². The van der Waals surface area contributed by atoms with Crippen molar-refractivity contribution in [1.29, 1.82) is 0 Å². The number of rotatable bonds is 1. The maximum Gasteiger partial charge on any atom is 0.330 e. The van der Waals surface area contributed by atoms with E-state index in [0.717, 1.165) is 55.9 Å². The summed E-state index contributed by atoms with van der Waals surface area (Å²) in [5.74, 6) is -1.37. The van der Waals surface area contributed by atoms with Crippen LogP contribution >= 0.6 is 11.8 Å². The third-order valence-electron chi connectivity index (χ3n) is 5.38. The summed E-state index contributed by atoms with van der Waals surface area (Å²) < 4.78 is 11.7. The number of carbonyl (C=O) groups is 2. The highest BCUT2D eigenvalue weighted by atomic mass is 32.2. The van der Waals surface area contributed by atoms with E-state index < -0.39 is 17.9 Å². The summed E-state index contributed by atoms with van der Waals surface area (Å²) in [5, 5.41) is 13.7. The van der Waals surface area contributed by atoms with Crippen molar-refractivity contribution in [3.8, 4) is 0 Å². The molecule has 2 fully saturated rings. The predicted octanol–water partition coefficient (Wildman–Crippen LogP) is 3.28. The molecule has 2 saturated heterocycles. The van der Waals surface area contributed by atoms with Crippen molar-refractivity contribution in [1.82, 2.24) is 5.32 Å². The second-order valence-electron chi connectivity index (χ2n) is 7.68. The summed E-state index contributed by atoms with van der Waals surface area (Å²) in [7, 11) is 0. The topological polar surface area (TPSA) is 84.9 Å². The molecule has 3 aliphatic rings. The van der Waals surface area contributed by atoms with Gasteiger partial charge in [-0.1, -0.05) is 43.0 Å². The largest absolute Gasteiger partial charge is 0.459 e. The molecule has 1 amide bonds. The van der Waals surface area contributed by atoms with Gasteiger partial charge in [0.1, 0.15) is 6.10 Å². The van der Waals surface area contributed by atoms with Crippen LogP contribution in [-0.4, -0.2) is 46.1 Å². The van der Waals surface area contributed by atoms with Crippen LogP contribution in [0.1, 0.15) is 64.7 Å². The van der Waals surface area contributed by atoms with Crippen LogP contribution in [0, 0.1) is 0 Å². The molecular weight excluding hydrogens is 354 g/mol. The number of aliphatic hydroxyl groups is 1. The molecule has 26 heavy (non-hydrogen) atoms. The molecule has 0 aromatic rings. The standard InChI is InChI=1S/C19H29NO5S/c1-13-7-5-3-2-4-6-8-14-10-15(24-17(21)9-13)11-19(23,25-14)16-12-26-18(22)20-16/h9,14-16,23H,2-8,10-12H2,1H3,(H,20,22)/b13-9-/t14-,15?,16+,19-/m1/s1. The lowest BCUT2D eigenvalue weighted by molar-refractivity contribution is -0.283. The third-order valence-corrected chi connectivity index (χ3v) is 6.26. The Morgan fingerprint density at radius 3 is 2.73 bits per heavy atom. The van der Waals surface area contributed by atoms with Gasteiger partial charge in [-0.2, -0.15) is 0 Å². The number of thioether (sulfide) groups is 1. The van der Waals surface area contributed by atoms with Gasteiger partial charge in [0.15, 0.2) is 5.79 Å². The van der Waals surface area contributed by atoms with Crippen molar-refractivity contribution < 1.29 is 24.2 Å². The molecule has 0 aromatic heterocycles. The molecule has 3 aliphatic heterocycles. The SMILES string of the molecule is C/C1=C/C(=O)OC2C[C@@H](CCCCCCC1)O[C@@](O)([C@@H]1CSC(=O)N1)C2. The summed E-state index contributed by atoms with van der Waals surface area (Å²) in [6.45, 7) is 1.96. The minimum absolute atomic E-state index is 0.150. The lowest BCUT2D eigenvalue weighted by Crippen LogP contribution is -2.58. The highest BCUT2D eigenvalue weighted by Crippen LogP contribution is 2.36. The number of hydrogen-bond donors (Lipinski definition) is 2. The highest BCUT2D eigenvalue weighted by molar-refractivity contribution is 8.14. The first-order valence-corrected chi connectivity index (χ1v) is 10.6. The van der Waals surface area contributed by atoms with Gasteiger partial charge in [0.05, 0.1) is 12.1 Å². The van der Waals surface area contributed by atoms with E-state index in [2.05, 4.69) is 5.32 Å². The van der Waals surface area contributed by atoms with E-state index in [0.29, 0.717) is 12.2 Å². The molecule has 4 atom stereocenters. The van der Waals surface area contributed by atoms with Crippen LogP contribution in [0.5, 0.6) is 0 Å². The molecule has 3 heterocycles. The average molecular weight is 384 g/mol. The van der Waals surface area contributed by atoms with Gasteiger partial charge in [-0.15, -0.1) is 0 Å². The van der Waals surface area contributed by atoms with E-state index in [4.69, 9.17) is 9.47 Å². The molecule has 0 aromatic carbocycles. The molecule has 0 saturated carbocycles. The van der Waals surface area contributed by atoms with E-state index >= 15 is 0 Å². The van der Waals surface area contributed by atoms with Gasteiger partial charge in [-0.05, 0) is 26.2 Å². The predicted molar refractivity (Wildman–Crippen MR) is 99.8 cm³/mol. The van der Waals surface area contributed by atoms with E-state index in [1.807, 2.05) is 6.92 Å². The monoisotopic (exact) mass is 383 g/mol. The first-order valence-electron chi connectivity index (χ1n) is 9.66. The van der Waals surface area contributed by atoms with Crippen LogP contribution in [0.25, 0.3) is 0 Å². The van der Waals surface area contributed by atoms with Crippen LogP contribution in [0.4, 0.5) is 4.79 Å². The molecule has 0 aliphatic carbocycles. The lowest BCUT2D eigenvalue weighted by atomic mass is 9.91. The van der Waals surface area contributed by atoms with Crippen molar-refractivity contribution in [2.45, 2.75) is 88.7 Å². The fraction of sp³-hybridized carbons (Fsp3) is 0.789. The lowest BCUT2D eigenvalue weighted by Gasteiger charge is -2.43. The molecule has 7 heteroatoms. The molecule has 0 spiro atoms. The number of nitrogens with one attached hydrogen (secondary N) is 1. The smallest absolute Gasteiger partial charge is 0.330 e. The first-order chi connectivity index (χ1) is 12.4. The maximum atomic E-state index is 12.3. The fourth-order valence-corrected chi connectivity index (χ4v) is 4.87. The quantitative estimate of drug-likeness (QED) is 0.676. The number of fused-ring (bicyclic) bond motifs is 2. The zero-order chi connectivity index (χ0) is 18.6. The van der Waals surface area contributed by atoms with Crippen molar-refractivity contribution in [3.05, 3.63) is 11.6 Å². The van der Waals surface area contributed by atoms with Crippen LogP contribution < -0.4 is 5.32 Å². The Balaban J connectivity index is 1.74. The average Bonchev–Trinajstić information content (AvgIpc) is 3.00. The van der Waals surface area contributed by atoms with Gasteiger partial charge >= 0.3 is 5.97 Å². The molecule has 146 valence electrons. The third kappa shape index (κ3) is 5.24. The summed E-state index contributed by atoms with van der Waals surface area (Å²) in [4.78, 5) is 23.8. The van der Waals surface area contributed by atoms with E-state index in [9.17, 15) is 14.7 Å². The molecule has 1 unspecified atom stereocenters. The molecule has 0 radical (unpaired) electrons. The van der Waals surface area contributed by atoms with Gasteiger partial charge in [-0.3, -0.25) is 4.79 Å². The van der Waals surface area contributed by atoms with Gasteiger partial charge in [0.2, 0.25) is 0 Å². The molecule has 3 rings (SSSR count). The second kappa shape index (κ2) is 8.76. The number of amides is 1. The number of carbonyl (C=O) groups excluding carboxylic acids is 2. The van der Waals surface area contributed by atoms with Crippen molar-refractivity contribution in [2.24, 2.45) is 0 Å². The molecule has 6 nitrogen and oxygen atoms in total. The first kappa shape index (κ1) is 19.7. The van der Waals surface area contributed by atoms with Gasteiger partial charge in [0.25, 0.3) is 5.24 Å². The Morgan fingerprint density at radius 2 is 1.96 bits per heavy atom. The zero-order valence-electron chi connectivity index (χ0n) is 15.4. The van der Waals surface area contributed by atoms with Crippen molar-refractivity contribution in [3.63, 3.8) is 0 Å². The van der Waals surface area contributed by atoms with E-state index in [-0.39, 0.29) is 23.7 Å². The van der Waals surface area contributed by atoms with Crippen LogP contribution in [0.3, 0.4) is 0 Å². The van der Waals surface area contributed by atoms with Crippen LogP contribution in [0.2, 0.25) is 0 Å². The molecular formula is C19H29NO5S. The number of allylic oxidation sites excluding steroid dienone is 1. The van der Waals surface area contributed by atoms with Crippen molar-refractivity contribution >= 4 is 23.0 Å². The summed E-state index contributed by atoms with van der Waals surface area (Å²) in [6.07, 6.45) is 9.13. The summed E-state index contributed by atoms with van der Waals surface area (Å²) in [6, 6.07) is -0.472. The number of esters is 1. The Morgan fingerprint density at radius 1 is 1.19 bits per heavy atom. The second-order valence-corrected chi connectivity index (χ2v) is 8.67. The molecule has 2 bridgehead atoms. The highest BCUT2D eigenvalue weighted by Gasteiger charge is 2.49. The Kier molecular flexibility index (Phi) is 6.64. The number of ether oxygens (including phenoxy) is 2. The minimum Gasteiger partial charge on any atom is -0.459 e. The number of hydrogen-bond acceptors (Lipinski definition) is 6. The van der Waals surface area contributed by atoms with Gasteiger partial charge in [-0.25, -0.2) is 4.79 Å². The van der Waals surface area contributed by atoms with Gasteiger partial charge in [0, 0.05) is 24.7 Å². The minimum atomic E-state index is -1.48. The van der Waals surface area contributed by atoms with E-state index in [1.54, 1.807) is 6.08 Å². The normalized spacial score (nSPS) is 39.3. The maximum absolute atomic E-state index is 12.3. The van der Waals surface area contributed by atoms with Crippen molar-refractivity contribution in [2.75, 3.05) is 5.75 Å².